The fourth-order valence-corrected chi connectivity index (χ4v) is 8.12. The summed E-state index contributed by atoms with van der Waals surface area (Å²) in [6.45, 7) is 0. The molecule has 5 rings (SSSR count). The maximum atomic E-state index is 13.9. The van der Waals surface area contributed by atoms with Gasteiger partial charge in [0.1, 0.15) is 11.9 Å². The molecule has 2 aromatic rings. The number of halogens is 5. The molecule has 2 saturated carbocycles. The van der Waals surface area contributed by atoms with Gasteiger partial charge in [-0.2, -0.15) is 5.01 Å². The van der Waals surface area contributed by atoms with Gasteiger partial charge < -0.3 is 0 Å². The van der Waals surface area contributed by atoms with Gasteiger partial charge in [0.05, 0.1) is 11.8 Å². The molecule has 6 nitrogen and oxygen atoms in total. The number of nitrogens with zero attached hydrogens (tertiary/aromatic N) is 2. The number of benzene rings is 2. The fourth-order valence-electron chi connectivity index (χ4n) is 5.92. The molecule has 0 N–H and O–H groups in total. The minimum absolute atomic E-state index is 0.00959. The van der Waals surface area contributed by atoms with Crippen LogP contribution in [0.3, 0.4) is 0 Å². The summed E-state index contributed by atoms with van der Waals surface area (Å²) in [4.78, 5) is 55.3. The van der Waals surface area contributed by atoms with Crippen LogP contribution in [0.5, 0.6) is 0 Å². The average molecular weight is 675 g/mol. The normalized spacial score (nSPS) is 28.9. The molecule has 11 heteroatoms. The Bertz CT molecular complexity index is 1230. The van der Waals surface area contributed by atoms with Crippen LogP contribution < -0.4 is 0 Å². The van der Waals surface area contributed by atoms with Gasteiger partial charge in [0, 0.05) is 31.7 Å². The topological polar surface area (TPSA) is 74.8 Å². The van der Waals surface area contributed by atoms with Crippen molar-refractivity contribution in [1.82, 2.24) is 10.0 Å². The Balaban J connectivity index is 1.59. The van der Waals surface area contributed by atoms with Crippen LogP contribution in [0.25, 0.3) is 0 Å². The zero-order valence-corrected chi connectivity index (χ0v) is 23.9. The van der Waals surface area contributed by atoms with E-state index in [9.17, 15) is 23.6 Å². The first-order valence-electron chi connectivity index (χ1n) is 11.8. The van der Waals surface area contributed by atoms with Crippen molar-refractivity contribution in [2.45, 2.75) is 28.5 Å². The van der Waals surface area contributed by atoms with Gasteiger partial charge in [-0.3, -0.25) is 19.2 Å². The van der Waals surface area contributed by atoms with Crippen molar-refractivity contribution in [3.05, 3.63) is 70.5 Å². The van der Waals surface area contributed by atoms with E-state index < -0.39 is 47.2 Å². The van der Waals surface area contributed by atoms with E-state index in [0.29, 0.717) is 5.02 Å². The fraction of sp³-hybridized carbons (Fsp3) is 0.385. The van der Waals surface area contributed by atoms with E-state index in [1.807, 2.05) is 0 Å². The monoisotopic (exact) mass is 672 g/mol. The van der Waals surface area contributed by atoms with Crippen molar-refractivity contribution >= 4 is 78.6 Å². The minimum atomic E-state index is -1.27. The number of amides is 3. The molecule has 0 radical (unpaired) electrons. The summed E-state index contributed by atoms with van der Waals surface area (Å²) in [5.41, 5.74) is 0.277. The molecular weight excluding hydrogens is 654 g/mol. The highest BCUT2D eigenvalue weighted by atomic mass is 79.9. The third kappa shape index (κ3) is 4.45. The van der Waals surface area contributed by atoms with Gasteiger partial charge in [-0.1, -0.05) is 43.5 Å². The van der Waals surface area contributed by atoms with E-state index in [0.717, 1.165) is 28.6 Å². The summed E-state index contributed by atoms with van der Waals surface area (Å²) in [5, 5.41) is 2.23. The van der Waals surface area contributed by atoms with Crippen molar-refractivity contribution in [2.24, 2.45) is 23.7 Å². The van der Waals surface area contributed by atoms with Gasteiger partial charge in [-0.15, -0.1) is 11.6 Å². The van der Waals surface area contributed by atoms with Gasteiger partial charge in [-0.05, 0) is 73.2 Å². The molecule has 7 atom stereocenters. The quantitative estimate of drug-likeness (QED) is 0.221. The van der Waals surface area contributed by atoms with Gasteiger partial charge in [-0.25, -0.2) is 9.40 Å². The molecule has 0 unspecified atom stereocenters. The first-order chi connectivity index (χ1) is 17.6. The molecule has 1 heterocycles. The number of hydrogen-bond donors (Lipinski definition) is 0. The molecule has 2 aromatic carbocycles. The summed E-state index contributed by atoms with van der Waals surface area (Å²) >= 11 is 19.4. The molecule has 3 amide bonds. The Morgan fingerprint density at radius 1 is 0.946 bits per heavy atom. The highest BCUT2D eigenvalue weighted by Gasteiger charge is 2.68. The van der Waals surface area contributed by atoms with Crippen LogP contribution in [-0.4, -0.2) is 55.1 Å². The van der Waals surface area contributed by atoms with E-state index in [2.05, 4.69) is 31.9 Å². The van der Waals surface area contributed by atoms with Crippen molar-refractivity contribution < 1.29 is 23.6 Å². The van der Waals surface area contributed by atoms with Crippen LogP contribution in [0.2, 0.25) is 5.02 Å². The lowest BCUT2D eigenvalue weighted by Crippen LogP contribution is -2.58. The minimum Gasteiger partial charge on any atom is -0.292 e. The lowest BCUT2D eigenvalue weighted by molar-refractivity contribution is -0.157. The second kappa shape index (κ2) is 10.4. The number of carbonyl (C=O) groups is 4. The van der Waals surface area contributed by atoms with Gasteiger partial charge in [0.2, 0.25) is 0 Å². The van der Waals surface area contributed by atoms with Crippen LogP contribution in [0.15, 0.2) is 48.5 Å². The molecule has 0 aromatic heterocycles. The highest BCUT2D eigenvalue weighted by molar-refractivity contribution is 9.12. The average Bonchev–Trinajstić information content (AvgIpc) is 3.49. The van der Waals surface area contributed by atoms with E-state index in [-0.39, 0.29) is 44.9 Å². The molecular formula is C26H21Br2Cl2FN2O4. The van der Waals surface area contributed by atoms with Crippen LogP contribution >= 0.6 is 55.1 Å². The Morgan fingerprint density at radius 3 is 1.97 bits per heavy atom. The summed E-state index contributed by atoms with van der Waals surface area (Å²) < 4.78 is 13.5. The van der Waals surface area contributed by atoms with Crippen LogP contribution in [0.1, 0.15) is 33.6 Å². The molecule has 194 valence electrons. The van der Waals surface area contributed by atoms with E-state index in [4.69, 9.17) is 23.2 Å². The largest absolute Gasteiger partial charge is 0.292 e. The van der Waals surface area contributed by atoms with E-state index in [1.54, 1.807) is 0 Å². The summed E-state index contributed by atoms with van der Waals surface area (Å²) in [7, 11) is 0. The standard InChI is InChI=1S/C26H21Br2Cl2FN2O4/c27-21-16-11-17(22(21)28)20-19(16)25(36)33(26(20)37)32(24(35)13-1-5-14(30)6-2-13)18(9-10-29)23(34)12-3-7-15(31)8-4-12/h1-8,16-22H,9-11H2/t16-,17-,18+,19-,20-,21+,22+/m1/s1. The third-order valence-corrected chi connectivity index (χ3v) is 11.3. The summed E-state index contributed by atoms with van der Waals surface area (Å²) in [5.74, 6) is -4.14. The van der Waals surface area contributed by atoms with Crippen LogP contribution in [0, 0.1) is 29.5 Å². The van der Waals surface area contributed by atoms with E-state index >= 15 is 0 Å². The number of hydrazine groups is 1. The van der Waals surface area contributed by atoms with Crippen molar-refractivity contribution in [3.63, 3.8) is 0 Å². The molecule has 3 aliphatic rings. The van der Waals surface area contributed by atoms with Gasteiger partial charge in [0.15, 0.2) is 5.78 Å². The highest BCUT2D eigenvalue weighted by Crippen LogP contribution is 2.60. The molecule has 3 fully saturated rings. The van der Waals surface area contributed by atoms with Gasteiger partial charge in [0.25, 0.3) is 17.7 Å². The number of ketones is 1. The molecule has 2 bridgehead atoms. The maximum Gasteiger partial charge on any atom is 0.273 e. The lowest BCUT2D eigenvalue weighted by atomic mass is 9.81. The van der Waals surface area contributed by atoms with Crippen molar-refractivity contribution in [2.75, 3.05) is 5.88 Å². The lowest BCUT2D eigenvalue weighted by Gasteiger charge is -2.36. The molecule has 0 spiro atoms. The predicted octanol–water partition coefficient (Wildman–Crippen LogP) is 5.49. The molecule has 1 saturated heterocycles. The Labute approximate surface area is 239 Å². The number of fused-ring (bicyclic) bond motifs is 5. The maximum absolute atomic E-state index is 13.9. The van der Waals surface area contributed by atoms with Crippen LogP contribution in [-0.2, 0) is 9.59 Å². The zero-order chi connectivity index (χ0) is 26.6. The number of hydrogen-bond acceptors (Lipinski definition) is 4. The predicted molar refractivity (Wildman–Crippen MR) is 143 cm³/mol. The Hall–Kier alpha value is -1.81. The SMILES string of the molecule is O=C(c1ccc(F)cc1)[C@H](CCCl)N(C(=O)c1ccc(Cl)cc1)N1C(=O)[C@@H]2[C@H]3C[C@@H]([C@H](Br)[C@H]3Br)[C@H]2C1=O. The smallest absolute Gasteiger partial charge is 0.273 e. The summed E-state index contributed by atoms with van der Waals surface area (Å²) in [6, 6.07) is 9.57. The molecule has 1 aliphatic heterocycles. The second-order valence-corrected chi connectivity index (χ2v) is 12.4. The molecule has 2 aliphatic carbocycles. The third-order valence-electron chi connectivity index (χ3n) is 7.59. The number of Topliss-reactive ketones (excluding diaryl/α,β-unsaturated/α-hetero) is 1. The first kappa shape index (κ1) is 26.8. The van der Waals surface area contributed by atoms with E-state index in [1.165, 1.54) is 36.4 Å². The number of carbonyl (C=O) groups excluding carboxylic acids is 4. The van der Waals surface area contributed by atoms with Gasteiger partial charge >= 0.3 is 0 Å². The number of alkyl halides is 3. The second-order valence-electron chi connectivity index (χ2n) is 9.51. The number of imide groups is 1. The van der Waals surface area contributed by atoms with Crippen molar-refractivity contribution in [1.29, 1.82) is 0 Å². The Kier molecular flexibility index (Phi) is 7.53. The number of rotatable bonds is 7. The zero-order valence-electron chi connectivity index (χ0n) is 19.2. The van der Waals surface area contributed by atoms with Crippen LogP contribution in [0.4, 0.5) is 4.39 Å². The summed E-state index contributed by atoms with van der Waals surface area (Å²) in [6.07, 6.45) is 0.690. The molecule has 37 heavy (non-hydrogen) atoms. The Morgan fingerprint density at radius 2 is 1.46 bits per heavy atom. The van der Waals surface area contributed by atoms with Crippen molar-refractivity contribution in [3.8, 4) is 0 Å². The first-order valence-corrected chi connectivity index (χ1v) is 14.5.